The number of carbonyl (C=O) groups is 1. The first-order valence-electron chi connectivity index (χ1n) is 5.90. The Morgan fingerprint density at radius 3 is 2.53 bits per heavy atom. The molecule has 104 valence electrons. The predicted octanol–water partition coefficient (Wildman–Crippen LogP) is 0.443. The van der Waals surface area contributed by atoms with E-state index in [1.807, 2.05) is 19.1 Å². The summed E-state index contributed by atoms with van der Waals surface area (Å²) in [6.07, 6.45) is 0. The van der Waals surface area contributed by atoms with Crippen LogP contribution < -0.4 is 16.8 Å². The Hall–Kier alpha value is -2.08. The van der Waals surface area contributed by atoms with E-state index in [0.717, 1.165) is 11.1 Å². The van der Waals surface area contributed by atoms with Gasteiger partial charge in [-0.05, 0) is 38.0 Å². The molecule has 0 unspecified atom stereocenters. The van der Waals surface area contributed by atoms with Gasteiger partial charge in [0.2, 0.25) is 5.91 Å². The minimum atomic E-state index is -0.767. The summed E-state index contributed by atoms with van der Waals surface area (Å²) in [5.74, 6) is -0.335. The van der Waals surface area contributed by atoms with Gasteiger partial charge in [-0.1, -0.05) is 17.3 Å². The smallest absolute Gasteiger partial charge is 0.237 e. The number of benzene rings is 1. The average molecular weight is 264 g/mol. The zero-order valence-corrected chi connectivity index (χ0v) is 11.4. The van der Waals surface area contributed by atoms with Crippen LogP contribution in [0.5, 0.6) is 0 Å². The molecule has 0 aliphatic heterocycles. The second-order valence-corrected chi connectivity index (χ2v) is 4.97. The van der Waals surface area contributed by atoms with Crippen LogP contribution in [0, 0.1) is 6.92 Å². The molecule has 6 N–H and O–H groups in total. The van der Waals surface area contributed by atoms with Crippen LogP contribution in [0.1, 0.15) is 30.5 Å². The highest BCUT2D eigenvalue weighted by atomic mass is 16.4. The van der Waals surface area contributed by atoms with Crippen LogP contribution in [0.15, 0.2) is 23.4 Å². The minimum absolute atomic E-state index is 0.0695. The van der Waals surface area contributed by atoms with Gasteiger partial charge in [-0.15, -0.1) is 0 Å². The van der Waals surface area contributed by atoms with E-state index >= 15 is 0 Å². The normalized spacial score (nSPS) is 12.5. The van der Waals surface area contributed by atoms with Crippen LogP contribution in [0.2, 0.25) is 0 Å². The molecule has 1 aromatic carbocycles. The summed E-state index contributed by atoms with van der Waals surface area (Å²) in [5.41, 5.74) is 12.7. The SMILES string of the molecule is Cc1cc(/C(N)=N/O)ccc1CNC(C)(C)C(N)=O. The van der Waals surface area contributed by atoms with Gasteiger partial charge in [-0.25, -0.2) is 0 Å². The summed E-state index contributed by atoms with van der Waals surface area (Å²) in [7, 11) is 0. The molecule has 19 heavy (non-hydrogen) atoms. The van der Waals surface area contributed by atoms with Crippen LogP contribution in [-0.4, -0.2) is 22.5 Å². The van der Waals surface area contributed by atoms with Crippen LogP contribution >= 0.6 is 0 Å². The average Bonchev–Trinajstić information content (AvgIpc) is 2.36. The fourth-order valence-corrected chi connectivity index (χ4v) is 1.51. The first kappa shape index (κ1) is 15.0. The van der Waals surface area contributed by atoms with Gasteiger partial charge in [-0.2, -0.15) is 0 Å². The number of carbonyl (C=O) groups excluding carboxylic acids is 1. The van der Waals surface area contributed by atoms with Gasteiger partial charge in [-0.3, -0.25) is 10.1 Å². The zero-order chi connectivity index (χ0) is 14.6. The van der Waals surface area contributed by atoms with E-state index in [0.29, 0.717) is 12.1 Å². The van der Waals surface area contributed by atoms with Crippen LogP contribution in [0.3, 0.4) is 0 Å². The summed E-state index contributed by atoms with van der Waals surface area (Å²) in [6.45, 7) is 5.89. The van der Waals surface area contributed by atoms with E-state index in [1.165, 1.54) is 0 Å². The fraction of sp³-hybridized carbons (Fsp3) is 0.385. The van der Waals surface area contributed by atoms with Crippen molar-refractivity contribution in [2.45, 2.75) is 32.9 Å². The van der Waals surface area contributed by atoms with Crippen molar-refractivity contribution < 1.29 is 10.0 Å². The number of hydrogen-bond acceptors (Lipinski definition) is 4. The number of rotatable bonds is 5. The molecule has 6 heteroatoms. The van der Waals surface area contributed by atoms with Gasteiger partial charge < -0.3 is 16.7 Å². The van der Waals surface area contributed by atoms with Crippen LogP contribution in [0.25, 0.3) is 0 Å². The molecular formula is C13H20N4O2. The topological polar surface area (TPSA) is 114 Å². The maximum Gasteiger partial charge on any atom is 0.237 e. The third-order valence-electron chi connectivity index (χ3n) is 3.08. The summed E-state index contributed by atoms with van der Waals surface area (Å²) >= 11 is 0. The number of oxime groups is 1. The summed E-state index contributed by atoms with van der Waals surface area (Å²) in [6, 6.07) is 5.45. The largest absolute Gasteiger partial charge is 0.409 e. The lowest BCUT2D eigenvalue weighted by Gasteiger charge is -2.23. The zero-order valence-electron chi connectivity index (χ0n) is 11.4. The molecule has 0 atom stereocenters. The minimum Gasteiger partial charge on any atom is -0.409 e. The number of amidine groups is 1. The maximum absolute atomic E-state index is 11.2. The van der Waals surface area contributed by atoms with Gasteiger partial charge in [0, 0.05) is 12.1 Å². The van der Waals surface area contributed by atoms with Crippen molar-refractivity contribution in [1.29, 1.82) is 0 Å². The second kappa shape index (κ2) is 5.71. The molecule has 0 aromatic heterocycles. The quantitative estimate of drug-likeness (QED) is 0.267. The Morgan fingerprint density at radius 2 is 2.05 bits per heavy atom. The van der Waals surface area contributed by atoms with E-state index in [2.05, 4.69) is 10.5 Å². The Kier molecular flexibility index (Phi) is 4.50. The number of hydrogen-bond donors (Lipinski definition) is 4. The van der Waals surface area contributed by atoms with E-state index in [1.54, 1.807) is 19.9 Å². The highest BCUT2D eigenvalue weighted by molar-refractivity contribution is 5.97. The van der Waals surface area contributed by atoms with Crippen LogP contribution in [-0.2, 0) is 11.3 Å². The summed E-state index contributed by atoms with van der Waals surface area (Å²) < 4.78 is 0. The van der Waals surface area contributed by atoms with Crippen LogP contribution in [0.4, 0.5) is 0 Å². The highest BCUT2D eigenvalue weighted by Crippen LogP contribution is 2.12. The third kappa shape index (κ3) is 3.69. The van der Waals surface area contributed by atoms with Crippen molar-refractivity contribution in [3.63, 3.8) is 0 Å². The molecular weight excluding hydrogens is 244 g/mol. The Morgan fingerprint density at radius 1 is 1.42 bits per heavy atom. The van der Waals surface area contributed by atoms with Crippen molar-refractivity contribution in [2.24, 2.45) is 16.6 Å². The van der Waals surface area contributed by atoms with Crippen molar-refractivity contribution >= 4 is 11.7 Å². The van der Waals surface area contributed by atoms with Gasteiger partial charge >= 0.3 is 0 Å². The molecule has 0 spiro atoms. The number of amides is 1. The number of aryl methyl sites for hydroxylation is 1. The monoisotopic (exact) mass is 264 g/mol. The number of nitrogens with two attached hydrogens (primary N) is 2. The van der Waals surface area contributed by atoms with Crippen molar-refractivity contribution in [2.75, 3.05) is 0 Å². The molecule has 0 saturated heterocycles. The molecule has 0 fully saturated rings. The van der Waals surface area contributed by atoms with E-state index < -0.39 is 11.4 Å². The summed E-state index contributed by atoms with van der Waals surface area (Å²) in [5, 5.41) is 14.7. The van der Waals surface area contributed by atoms with Crippen molar-refractivity contribution in [3.8, 4) is 0 Å². The molecule has 0 saturated carbocycles. The van der Waals surface area contributed by atoms with Crippen molar-refractivity contribution in [3.05, 3.63) is 34.9 Å². The molecule has 0 heterocycles. The highest BCUT2D eigenvalue weighted by Gasteiger charge is 2.23. The number of primary amides is 1. The lowest BCUT2D eigenvalue weighted by atomic mass is 10.0. The molecule has 0 aliphatic carbocycles. The molecule has 1 aromatic rings. The Labute approximate surface area is 112 Å². The van der Waals surface area contributed by atoms with Gasteiger partial charge in [0.15, 0.2) is 5.84 Å². The molecule has 1 rings (SSSR count). The third-order valence-corrected chi connectivity index (χ3v) is 3.08. The van der Waals surface area contributed by atoms with Gasteiger partial charge in [0.1, 0.15) is 0 Å². The van der Waals surface area contributed by atoms with Gasteiger partial charge in [0.25, 0.3) is 0 Å². The number of nitrogens with one attached hydrogen (secondary N) is 1. The van der Waals surface area contributed by atoms with E-state index in [4.69, 9.17) is 16.7 Å². The summed E-state index contributed by atoms with van der Waals surface area (Å²) in [4.78, 5) is 11.2. The molecule has 6 nitrogen and oxygen atoms in total. The van der Waals surface area contributed by atoms with Crippen molar-refractivity contribution in [1.82, 2.24) is 5.32 Å². The molecule has 0 radical (unpaired) electrons. The second-order valence-electron chi connectivity index (χ2n) is 4.97. The lowest BCUT2D eigenvalue weighted by Crippen LogP contribution is -2.50. The first-order valence-corrected chi connectivity index (χ1v) is 5.90. The Balaban J connectivity index is 2.84. The van der Waals surface area contributed by atoms with E-state index in [-0.39, 0.29) is 5.84 Å². The molecule has 0 bridgehead atoms. The standard InChI is InChI=1S/C13H20N4O2/c1-8-6-9(11(14)17-19)4-5-10(8)7-16-13(2,3)12(15)18/h4-6,16,19H,7H2,1-3H3,(H2,14,17)(H2,15,18). The number of nitrogens with zero attached hydrogens (tertiary/aromatic N) is 1. The Bertz CT molecular complexity index is 509. The molecule has 0 aliphatic rings. The first-order chi connectivity index (χ1) is 8.77. The van der Waals surface area contributed by atoms with E-state index in [9.17, 15) is 4.79 Å². The predicted molar refractivity (Wildman–Crippen MR) is 73.8 cm³/mol. The maximum atomic E-state index is 11.2. The van der Waals surface area contributed by atoms with Gasteiger partial charge in [0.05, 0.1) is 5.54 Å². The fourth-order valence-electron chi connectivity index (χ4n) is 1.51. The molecule has 1 amide bonds. The lowest BCUT2D eigenvalue weighted by molar-refractivity contribution is -0.123.